The van der Waals surface area contributed by atoms with Gasteiger partial charge in [0.15, 0.2) is 0 Å². The lowest BCUT2D eigenvalue weighted by molar-refractivity contribution is 0.147. The van der Waals surface area contributed by atoms with Crippen molar-refractivity contribution in [1.82, 2.24) is 10.2 Å². The molecule has 1 aliphatic carbocycles. The van der Waals surface area contributed by atoms with Crippen LogP contribution in [0, 0.1) is 0 Å². The highest BCUT2D eigenvalue weighted by atomic mass is 32.2. The van der Waals surface area contributed by atoms with Crippen molar-refractivity contribution in [2.24, 2.45) is 0 Å². The summed E-state index contributed by atoms with van der Waals surface area (Å²) in [6.45, 7) is 8.37. The molecule has 1 N–H and O–H groups in total. The van der Waals surface area contributed by atoms with Gasteiger partial charge in [-0.2, -0.15) is 11.8 Å². The maximum atomic E-state index is 3.61. The number of hydrogen-bond donors (Lipinski definition) is 1. The number of thioether (sulfide) groups is 1. The lowest BCUT2D eigenvalue weighted by Crippen LogP contribution is -2.47. The third-order valence-corrected chi connectivity index (χ3v) is 5.70. The first-order valence-electron chi connectivity index (χ1n) is 7.42. The Labute approximate surface area is 111 Å². The molecule has 100 valence electrons. The number of hydrogen-bond acceptors (Lipinski definition) is 3. The van der Waals surface area contributed by atoms with Gasteiger partial charge in [0.25, 0.3) is 0 Å². The van der Waals surface area contributed by atoms with Crippen molar-refractivity contribution in [3.8, 4) is 0 Å². The fourth-order valence-electron chi connectivity index (χ4n) is 3.25. The van der Waals surface area contributed by atoms with Crippen LogP contribution in [0.4, 0.5) is 0 Å². The van der Waals surface area contributed by atoms with Crippen LogP contribution in [-0.2, 0) is 0 Å². The standard InChI is InChI=1S/C14H28N2S/c1-3-14-11-16(9-10-17-14)13-7-5-12(6-8-13)15-4-2/h12-15H,3-11H2,1-2H3. The Morgan fingerprint density at radius 1 is 1.18 bits per heavy atom. The molecule has 0 aromatic carbocycles. The normalized spacial score (nSPS) is 36.0. The maximum Gasteiger partial charge on any atom is 0.0172 e. The first kappa shape index (κ1) is 13.7. The summed E-state index contributed by atoms with van der Waals surface area (Å²) in [4.78, 5) is 2.78. The first-order valence-corrected chi connectivity index (χ1v) is 8.47. The third kappa shape index (κ3) is 3.87. The van der Waals surface area contributed by atoms with Gasteiger partial charge in [0, 0.05) is 36.2 Å². The lowest BCUT2D eigenvalue weighted by atomic mass is 9.90. The van der Waals surface area contributed by atoms with Gasteiger partial charge in [-0.1, -0.05) is 13.8 Å². The van der Waals surface area contributed by atoms with Gasteiger partial charge in [-0.3, -0.25) is 4.90 Å². The molecular formula is C14H28N2S. The van der Waals surface area contributed by atoms with Gasteiger partial charge in [0.05, 0.1) is 0 Å². The Kier molecular flexibility index (Phi) is 5.64. The van der Waals surface area contributed by atoms with Crippen molar-refractivity contribution < 1.29 is 0 Å². The molecule has 1 atom stereocenters. The van der Waals surface area contributed by atoms with Gasteiger partial charge in [0.2, 0.25) is 0 Å². The van der Waals surface area contributed by atoms with E-state index in [2.05, 4.69) is 35.8 Å². The highest BCUT2D eigenvalue weighted by Crippen LogP contribution is 2.28. The summed E-state index contributed by atoms with van der Waals surface area (Å²) in [5, 5.41) is 4.50. The monoisotopic (exact) mass is 256 g/mol. The molecule has 1 saturated heterocycles. The summed E-state index contributed by atoms with van der Waals surface area (Å²) in [5.74, 6) is 1.35. The van der Waals surface area contributed by atoms with Crippen molar-refractivity contribution in [3.05, 3.63) is 0 Å². The van der Waals surface area contributed by atoms with Crippen LogP contribution in [0.2, 0.25) is 0 Å². The van der Waals surface area contributed by atoms with Crippen LogP contribution in [0.15, 0.2) is 0 Å². The van der Waals surface area contributed by atoms with Gasteiger partial charge in [0.1, 0.15) is 0 Å². The third-order valence-electron chi connectivity index (χ3n) is 4.33. The van der Waals surface area contributed by atoms with Crippen LogP contribution in [-0.4, -0.2) is 47.6 Å². The molecule has 2 rings (SSSR count). The second-order valence-electron chi connectivity index (χ2n) is 5.46. The predicted molar refractivity (Wildman–Crippen MR) is 77.8 cm³/mol. The largest absolute Gasteiger partial charge is 0.314 e. The van der Waals surface area contributed by atoms with Crippen molar-refractivity contribution in [1.29, 1.82) is 0 Å². The van der Waals surface area contributed by atoms with Gasteiger partial charge in [-0.15, -0.1) is 0 Å². The number of rotatable bonds is 4. The van der Waals surface area contributed by atoms with Gasteiger partial charge >= 0.3 is 0 Å². The highest BCUT2D eigenvalue weighted by Gasteiger charge is 2.28. The molecule has 17 heavy (non-hydrogen) atoms. The van der Waals surface area contributed by atoms with Gasteiger partial charge < -0.3 is 5.32 Å². The number of nitrogens with zero attached hydrogens (tertiary/aromatic N) is 1. The SMILES string of the molecule is CCNC1CCC(N2CCSC(CC)C2)CC1. The van der Waals surface area contributed by atoms with E-state index in [9.17, 15) is 0 Å². The summed E-state index contributed by atoms with van der Waals surface area (Å²) in [6.07, 6.45) is 6.95. The minimum Gasteiger partial charge on any atom is -0.314 e. The molecule has 0 bridgehead atoms. The van der Waals surface area contributed by atoms with E-state index >= 15 is 0 Å². The molecule has 0 aromatic rings. The summed E-state index contributed by atoms with van der Waals surface area (Å²) in [7, 11) is 0. The molecule has 1 saturated carbocycles. The fourth-order valence-corrected chi connectivity index (χ4v) is 4.46. The molecule has 2 nitrogen and oxygen atoms in total. The minimum absolute atomic E-state index is 0.803. The van der Waals surface area contributed by atoms with Crippen molar-refractivity contribution in [2.45, 2.75) is 63.3 Å². The molecule has 3 heteroatoms. The summed E-state index contributed by atoms with van der Waals surface area (Å²) in [5.41, 5.74) is 0. The van der Waals surface area contributed by atoms with E-state index < -0.39 is 0 Å². The van der Waals surface area contributed by atoms with Crippen LogP contribution in [0.5, 0.6) is 0 Å². The minimum atomic E-state index is 0.803. The Hall–Kier alpha value is 0.270. The molecule has 2 fully saturated rings. The zero-order valence-electron chi connectivity index (χ0n) is 11.5. The second-order valence-corrected chi connectivity index (χ2v) is 6.87. The number of nitrogens with one attached hydrogen (secondary N) is 1. The first-order chi connectivity index (χ1) is 8.33. The molecular weight excluding hydrogens is 228 g/mol. The Morgan fingerprint density at radius 2 is 1.94 bits per heavy atom. The van der Waals surface area contributed by atoms with Crippen molar-refractivity contribution >= 4 is 11.8 Å². The fraction of sp³-hybridized carbons (Fsp3) is 1.00. The maximum absolute atomic E-state index is 3.61. The van der Waals surface area contributed by atoms with E-state index in [1.807, 2.05) is 0 Å². The van der Waals surface area contributed by atoms with E-state index in [1.165, 1.54) is 50.9 Å². The van der Waals surface area contributed by atoms with Crippen LogP contribution in [0.3, 0.4) is 0 Å². The Balaban J connectivity index is 1.76. The Morgan fingerprint density at radius 3 is 2.59 bits per heavy atom. The highest BCUT2D eigenvalue weighted by molar-refractivity contribution is 8.00. The Bertz CT molecular complexity index is 214. The molecule has 0 aromatic heterocycles. The summed E-state index contributed by atoms with van der Waals surface area (Å²) < 4.78 is 0. The summed E-state index contributed by atoms with van der Waals surface area (Å²) in [6, 6.07) is 1.69. The quantitative estimate of drug-likeness (QED) is 0.832. The zero-order chi connectivity index (χ0) is 12.1. The van der Waals surface area contributed by atoms with E-state index in [1.54, 1.807) is 0 Å². The van der Waals surface area contributed by atoms with Crippen LogP contribution in [0.25, 0.3) is 0 Å². The van der Waals surface area contributed by atoms with E-state index in [4.69, 9.17) is 0 Å². The summed E-state index contributed by atoms with van der Waals surface area (Å²) >= 11 is 2.19. The van der Waals surface area contributed by atoms with Crippen molar-refractivity contribution in [3.63, 3.8) is 0 Å². The molecule has 2 aliphatic rings. The molecule has 1 aliphatic heterocycles. The molecule has 0 spiro atoms. The van der Waals surface area contributed by atoms with E-state index in [0.717, 1.165) is 23.9 Å². The molecule has 1 heterocycles. The van der Waals surface area contributed by atoms with Crippen molar-refractivity contribution in [2.75, 3.05) is 25.4 Å². The van der Waals surface area contributed by atoms with Crippen LogP contribution < -0.4 is 5.32 Å². The van der Waals surface area contributed by atoms with Gasteiger partial charge in [-0.25, -0.2) is 0 Å². The topological polar surface area (TPSA) is 15.3 Å². The molecule has 0 radical (unpaired) electrons. The van der Waals surface area contributed by atoms with Gasteiger partial charge in [-0.05, 0) is 38.6 Å². The van der Waals surface area contributed by atoms with Crippen LogP contribution in [0.1, 0.15) is 46.0 Å². The molecule has 0 amide bonds. The zero-order valence-corrected chi connectivity index (χ0v) is 12.3. The van der Waals surface area contributed by atoms with E-state index in [-0.39, 0.29) is 0 Å². The average Bonchev–Trinajstić information content (AvgIpc) is 2.40. The average molecular weight is 256 g/mol. The smallest absolute Gasteiger partial charge is 0.0172 e. The van der Waals surface area contributed by atoms with Crippen LogP contribution >= 0.6 is 11.8 Å². The van der Waals surface area contributed by atoms with E-state index in [0.29, 0.717) is 0 Å². The predicted octanol–water partition coefficient (Wildman–Crippen LogP) is 2.73. The second kappa shape index (κ2) is 7.01. The molecule has 1 unspecified atom stereocenters. The lowest BCUT2D eigenvalue weighted by Gasteiger charge is -2.41.